The lowest BCUT2D eigenvalue weighted by Gasteiger charge is -2.07. The number of carbonyl (C=O) groups excluding carboxylic acids is 1. The number of nitrogens with zero attached hydrogens (tertiary/aromatic N) is 2. The van der Waals surface area contributed by atoms with E-state index in [1.807, 2.05) is 42.8 Å². The first-order valence-electron chi connectivity index (χ1n) is 7.06. The lowest BCUT2D eigenvalue weighted by Crippen LogP contribution is -2.22. The van der Waals surface area contributed by atoms with Crippen molar-refractivity contribution in [2.24, 2.45) is 0 Å². The average Bonchev–Trinajstić information content (AvgIpc) is 3.14. The van der Waals surface area contributed by atoms with Gasteiger partial charge in [0.05, 0.1) is 23.9 Å². The van der Waals surface area contributed by atoms with Crippen LogP contribution in [0.3, 0.4) is 0 Å². The van der Waals surface area contributed by atoms with E-state index in [1.54, 1.807) is 24.7 Å². The van der Waals surface area contributed by atoms with Crippen molar-refractivity contribution in [3.05, 3.63) is 71.4 Å². The third kappa shape index (κ3) is 2.93. The molecule has 0 spiro atoms. The van der Waals surface area contributed by atoms with E-state index in [0.29, 0.717) is 12.1 Å². The van der Waals surface area contributed by atoms with Gasteiger partial charge in [-0.1, -0.05) is 0 Å². The third-order valence-corrected chi connectivity index (χ3v) is 3.42. The van der Waals surface area contributed by atoms with E-state index in [4.69, 9.17) is 4.42 Å². The van der Waals surface area contributed by atoms with Gasteiger partial charge < -0.3 is 9.73 Å². The molecule has 2 aromatic heterocycles. The summed E-state index contributed by atoms with van der Waals surface area (Å²) in [7, 11) is 0. The van der Waals surface area contributed by atoms with Crippen molar-refractivity contribution >= 4 is 5.91 Å². The van der Waals surface area contributed by atoms with Gasteiger partial charge >= 0.3 is 0 Å². The Bertz CT molecular complexity index is 771. The zero-order valence-corrected chi connectivity index (χ0v) is 12.5. The highest BCUT2D eigenvalue weighted by molar-refractivity contribution is 5.94. The molecule has 22 heavy (non-hydrogen) atoms. The molecule has 1 N–H and O–H groups in total. The highest BCUT2D eigenvalue weighted by atomic mass is 16.3. The Morgan fingerprint density at radius 3 is 2.59 bits per heavy atom. The number of furan rings is 1. The summed E-state index contributed by atoms with van der Waals surface area (Å²) in [5.74, 6) is -0.110. The average molecular weight is 295 g/mol. The molecular formula is C17H17N3O2. The lowest BCUT2D eigenvalue weighted by molar-refractivity contribution is 0.0951. The van der Waals surface area contributed by atoms with Gasteiger partial charge in [-0.2, -0.15) is 5.10 Å². The molecule has 5 nitrogen and oxygen atoms in total. The number of aromatic nitrogens is 2. The second-order valence-electron chi connectivity index (χ2n) is 5.20. The number of aryl methyl sites for hydroxylation is 2. The van der Waals surface area contributed by atoms with Crippen molar-refractivity contribution < 1.29 is 9.21 Å². The molecule has 1 aromatic carbocycles. The Labute approximate surface area is 128 Å². The van der Waals surface area contributed by atoms with Gasteiger partial charge in [0.1, 0.15) is 0 Å². The van der Waals surface area contributed by atoms with Crippen LogP contribution >= 0.6 is 0 Å². The van der Waals surface area contributed by atoms with E-state index < -0.39 is 0 Å². The van der Waals surface area contributed by atoms with Crippen LogP contribution in [0.1, 0.15) is 27.3 Å². The highest BCUT2D eigenvalue weighted by Crippen LogP contribution is 2.13. The Kier molecular flexibility index (Phi) is 3.78. The summed E-state index contributed by atoms with van der Waals surface area (Å²) in [4.78, 5) is 12.1. The van der Waals surface area contributed by atoms with Crippen LogP contribution in [0.15, 0.2) is 53.3 Å². The van der Waals surface area contributed by atoms with Crippen LogP contribution in [0.5, 0.6) is 0 Å². The molecule has 0 aliphatic heterocycles. The van der Waals surface area contributed by atoms with E-state index in [9.17, 15) is 4.79 Å². The molecule has 0 aliphatic carbocycles. The molecule has 0 saturated heterocycles. The molecule has 112 valence electrons. The molecule has 0 saturated carbocycles. The fourth-order valence-electron chi connectivity index (χ4n) is 2.32. The van der Waals surface area contributed by atoms with Gasteiger partial charge in [0.2, 0.25) is 0 Å². The number of hydrogen-bond acceptors (Lipinski definition) is 3. The normalized spacial score (nSPS) is 10.6. The van der Waals surface area contributed by atoms with Crippen LogP contribution in [-0.4, -0.2) is 15.7 Å². The van der Waals surface area contributed by atoms with Crippen molar-refractivity contribution in [2.45, 2.75) is 20.4 Å². The summed E-state index contributed by atoms with van der Waals surface area (Å²) in [5, 5.41) is 7.29. The summed E-state index contributed by atoms with van der Waals surface area (Å²) < 4.78 is 6.83. The fourth-order valence-corrected chi connectivity index (χ4v) is 2.32. The fraction of sp³-hybridized carbons (Fsp3) is 0.176. The van der Waals surface area contributed by atoms with Crippen molar-refractivity contribution in [3.63, 3.8) is 0 Å². The number of amides is 1. The second-order valence-corrected chi connectivity index (χ2v) is 5.20. The van der Waals surface area contributed by atoms with Crippen LogP contribution in [0, 0.1) is 13.8 Å². The molecule has 1 amide bonds. The molecule has 5 heteroatoms. The van der Waals surface area contributed by atoms with Gasteiger partial charge in [-0.25, -0.2) is 4.68 Å². The van der Waals surface area contributed by atoms with E-state index >= 15 is 0 Å². The van der Waals surface area contributed by atoms with E-state index in [2.05, 4.69) is 10.4 Å². The van der Waals surface area contributed by atoms with Crippen LogP contribution in [0.25, 0.3) is 5.69 Å². The Hall–Kier alpha value is -2.82. The second kappa shape index (κ2) is 5.89. The molecule has 3 rings (SSSR count). The maximum atomic E-state index is 12.1. The summed E-state index contributed by atoms with van der Waals surface area (Å²) in [6, 6.07) is 11.2. The zero-order chi connectivity index (χ0) is 15.5. The van der Waals surface area contributed by atoms with Crippen molar-refractivity contribution in [3.8, 4) is 5.69 Å². The van der Waals surface area contributed by atoms with Gasteiger partial charge in [0, 0.05) is 23.4 Å². The molecule has 0 bridgehead atoms. The molecule has 3 aromatic rings. The number of hydrogen-bond donors (Lipinski definition) is 1. The predicted molar refractivity (Wildman–Crippen MR) is 82.9 cm³/mol. The first-order valence-corrected chi connectivity index (χ1v) is 7.06. The first kappa shape index (κ1) is 14.1. The minimum Gasteiger partial charge on any atom is -0.472 e. The molecule has 0 atom stereocenters. The van der Waals surface area contributed by atoms with Crippen molar-refractivity contribution in [1.82, 2.24) is 15.1 Å². The van der Waals surface area contributed by atoms with E-state index in [1.165, 1.54) is 0 Å². The largest absolute Gasteiger partial charge is 0.472 e. The van der Waals surface area contributed by atoms with Gasteiger partial charge in [-0.15, -0.1) is 0 Å². The quantitative estimate of drug-likeness (QED) is 0.805. The van der Waals surface area contributed by atoms with Crippen molar-refractivity contribution in [1.29, 1.82) is 0 Å². The summed E-state index contributed by atoms with van der Waals surface area (Å²) >= 11 is 0. The number of carbonyl (C=O) groups is 1. The number of nitrogens with one attached hydrogen (secondary N) is 1. The maximum absolute atomic E-state index is 12.1. The predicted octanol–water partition coefficient (Wildman–Crippen LogP) is 3.01. The minimum atomic E-state index is -0.110. The van der Waals surface area contributed by atoms with Gasteiger partial charge in [0.25, 0.3) is 5.91 Å². The zero-order valence-electron chi connectivity index (χ0n) is 12.5. The Morgan fingerprint density at radius 1 is 1.23 bits per heavy atom. The molecule has 0 unspecified atom stereocenters. The topological polar surface area (TPSA) is 60.1 Å². The maximum Gasteiger partial charge on any atom is 0.251 e. The molecule has 0 radical (unpaired) electrons. The Balaban J connectivity index is 1.71. The first-order chi connectivity index (χ1) is 10.6. The smallest absolute Gasteiger partial charge is 0.251 e. The highest BCUT2D eigenvalue weighted by Gasteiger charge is 2.08. The molecule has 0 fully saturated rings. The monoisotopic (exact) mass is 295 g/mol. The summed E-state index contributed by atoms with van der Waals surface area (Å²) in [5.41, 5.74) is 4.53. The molecule has 0 aliphatic rings. The third-order valence-electron chi connectivity index (χ3n) is 3.42. The van der Waals surface area contributed by atoms with Crippen LogP contribution in [-0.2, 0) is 6.54 Å². The van der Waals surface area contributed by atoms with Gasteiger partial charge in [0.15, 0.2) is 0 Å². The van der Waals surface area contributed by atoms with Crippen LogP contribution < -0.4 is 5.32 Å². The minimum absolute atomic E-state index is 0.110. The van der Waals surface area contributed by atoms with E-state index in [-0.39, 0.29) is 5.91 Å². The molecule has 2 heterocycles. The molecular weight excluding hydrogens is 278 g/mol. The Morgan fingerprint density at radius 2 is 2.00 bits per heavy atom. The van der Waals surface area contributed by atoms with Crippen molar-refractivity contribution in [2.75, 3.05) is 0 Å². The van der Waals surface area contributed by atoms with Gasteiger partial charge in [-0.3, -0.25) is 4.79 Å². The van der Waals surface area contributed by atoms with E-state index in [0.717, 1.165) is 22.6 Å². The summed E-state index contributed by atoms with van der Waals surface area (Å²) in [6.45, 7) is 4.42. The summed E-state index contributed by atoms with van der Waals surface area (Å²) in [6.07, 6.45) is 3.21. The SMILES string of the molecule is Cc1cc(C)n(-c2ccc(C(=O)NCc3ccoc3)cc2)n1. The standard InChI is InChI=1S/C17H17N3O2/c1-12-9-13(2)20(19-12)16-5-3-15(4-6-16)17(21)18-10-14-7-8-22-11-14/h3-9,11H,10H2,1-2H3,(H,18,21). The van der Waals surface area contributed by atoms with Crippen LogP contribution in [0.2, 0.25) is 0 Å². The van der Waals surface area contributed by atoms with Gasteiger partial charge in [-0.05, 0) is 50.2 Å². The number of benzene rings is 1. The van der Waals surface area contributed by atoms with Crippen LogP contribution in [0.4, 0.5) is 0 Å². The lowest BCUT2D eigenvalue weighted by atomic mass is 10.2. The number of rotatable bonds is 4.